The maximum absolute atomic E-state index is 12.1. The van der Waals surface area contributed by atoms with Crippen molar-refractivity contribution >= 4 is 40.1 Å². The molecular weight excluding hydrogens is 443 g/mol. The molecule has 0 heterocycles. The van der Waals surface area contributed by atoms with Gasteiger partial charge in [-0.3, -0.25) is 9.59 Å². The van der Waals surface area contributed by atoms with Crippen molar-refractivity contribution in [2.45, 2.75) is 25.8 Å². The first-order valence-electron chi connectivity index (χ1n) is 8.60. The number of anilines is 1. The third-order valence-electron chi connectivity index (χ3n) is 4.19. The van der Waals surface area contributed by atoms with Gasteiger partial charge in [-0.05, 0) is 84.3 Å². The number of rotatable bonds is 7. The van der Waals surface area contributed by atoms with Crippen LogP contribution in [0.25, 0.3) is 0 Å². The SMILES string of the molecule is CC(NC(=O)COc1ccc(I)cc1)c1ccc(NC(=O)C2CC2)cc1. The van der Waals surface area contributed by atoms with E-state index in [-0.39, 0.29) is 30.4 Å². The van der Waals surface area contributed by atoms with Crippen molar-refractivity contribution in [1.82, 2.24) is 5.32 Å². The summed E-state index contributed by atoms with van der Waals surface area (Å²) < 4.78 is 6.60. The number of carbonyl (C=O) groups excluding carboxylic acids is 2. The van der Waals surface area contributed by atoms with Gasteiger partial charge in [-0.1, -0.05) is 12.1 Å². The van der Waals surface area contributed by atoms with Gasteiger partial charge in [0.25, 0.3) is 5.91 Å². The molecule has 2 amide bonds. The van der Waals surface area contributed by atoms with Gasteiger partial charge in [-0.2, -0.15) is 0 Å². The Bertz CT molecular complexity index is 771. The van der Waals surface area contributed by atoms with Crippen LogP contribution in [-0.2, 0) is 9.59 Å². The summed E-state index contributed by atoms with van der Waals surface area (Å²) in [5, 5.41) is 5.82. The van der Waals surface area contributed by atoms with Gasteiger partial charge in [0, 0.05) is 15.2 Å². The minimum Gasteiger partial charge on any atom is -0.484 e. The molecule has 0 radical (unpaired) electrons. The second-order valence-corrected chi connectivity index (χ2v) is 7.66. The van der Waals surface area contributed by atoms with Gasteiger partial charge in [0.05, 0.1) is 6.04 Å². The molecule has 3 rings (SSSR count). The molecule has 0 aromatic heterocycles. The van der Waals surface area contributed by atoms with E-state index in [1.165, 1.54) is 0 Å². The van der Waals surface area contributed by atoms with Crippen molar-refractivity contribution in [2.24, 2.45) is 5.92 Å². The molecule has 0 spiro atoms. The fourth-order valence-corrected chi connectivity index (χ4v) is 2.85. The Morgan fingerprint density at radius 2 is 1.77 bits per heavy atom. The average molecular weight is 464 g/mol. The topological polar surface area (TPSA) is 67.4 Å². The molecule has 2 aromatic carbocycles. The van der Waals surface area contributed by atoms with Crippen molar-refractivity contribution in [3.63, 3.8) is 0 Å². The first kappa shape index (κ1) is 18.7. The third kappa shape index (κ3) is 5.45. The Hall–Kier alpha value is -2.09. The van der Waals surface area contributed by atoms with Crippen LogP contribution in [0.3, 0.4) is 0 Å². The summed E-state index contributed by atoms with van der Waals surface area (Å²) in [6.45, 7) is 1.89. The Labute approximate surface area is 166 Å². The van der Waals surface area contributed by atoms with E-state index in [1.54, 1.807) is 0 Å². The summed E-state index contributed by atoms with van der Waals surface area (Å²) in [5.74, 6) is 0.763. The first-order valence-corrected chi connectivity index (χ1v) is 9.67. The zero-order chi connectivity index (χ0) is 18.5. The molecule has 136 valence electrons. The molecule has 0 saturated heterocycles. The standard InChI is InChI=1S/C20H21IN2O3/c1-13(22-19(24)12-26-18-10-6-16(21)7-11-18)14-4-8-17(9-5-14)23-20(25)15-2-3-15/h4-11,13,15H,2-3,12H2,1H3,(H,22,24)(H,23,25). The molecule has 6 heteroatoms. The van der Waals surface area contributed by atoms with Crippen molar-refractivity contribution in [3.05, 3.63) is 57.7 Å². The van der Waals surface area contributed by atoms with Crippen LogP contribution in [0.1, 0.15) is 31.4 Å². The molecule has 2 aromatic rings. The van der Waals surface area contributed by atoms with Crippen LogP contribution in [0.4, 0.5) is 5.69 Å². The highest BCUT2D eigenvalue weighted by molar-refractivity contribution is 14.1. The van der Waals surface area contributed by atoms with E-state index in [4.69, 9.17) is 4.74 Å². The van der Waals surface area contributed by atoms with Crippen LogP contribution in [0, 0.1) is 9.49 Å². The van der Waals surface area contributed by atoms with Crippen LogP contribution >= 0.6 is 22.6 Å². The lowest BCUT2D eigenvalue weighted by Crippen LogP contribution is -2.31. The van der Waals surface area contributed by atoms with E-state index in [1.807, 2.05) is 55.5 Å². The number of ether oxygens (including phenoxy) is 1. The zero-order valence-electron chi connectivity index (χ0n) is 14.5. The summed E-state index contributed by atoms with van der Waals surface area (Å²) in [4.78, 5) is 23.8. The molecular formula is C20H21IN2O3. The summed E-state index contributed by atoms with van der Waals surface area (Å²) in [5.41, 5.74) is 1.75. The lowest BCUT2D eigenvalue weighted by Gasteiger charge is -2.15. The predicted molar refractivity (Wildman–Crippen MR) is 109 cm³/mol. The molecule has 1 unspecified atom stereocenters. The van der Waals surface area contributed by atoms with E-state index >= 15 is 0 Å². The van der Waals surface area contributed by atoms with Crippen LogP contribution in [0.5, 0.6) is 5.75 Å². The molecule has 5 nitrogen and oxygen atoms in total. The van der Waals surface area contributed by atoms with E-state index in [2.05, 4.69) is 33.2 Å². The number of amides is 2. The highest BCUT2D eigenvalue weighted by Gasteiger charge is 2.29. The lowest BCUT2D eigenvalue weighted by atomic mass is 10.1. The first-order chi connectivity index (χ1) is 12.5. The number of carbonyl (C=O) groups is 2. The molecule has 0 bridgehead atoms. The van der Waals surface area contributed by atoms with Crippen LogP contribution in [0.15, 0.2) is 48.5 Å². The Morgan fingerprint density at radius 1 is 1.12 bits per heavy atom. The Kier molecular flexibility index (Phi) is 6.13. The van der Waals surface area contributed by atoms with Crippen LogP contribution < -0.4 is 15.4 Å². The van der Waals surface area contributed by atoms with Crippen molar-refractivity contribution in [2.75, 3.05) is 11.9 Å². The monoisotopic (exact) mass is 464 g/mol. The van der Waals surface area contributed by atoms with Gasteiger partial charge in [0.2, 0.25) is 5.91 Å². The normalized spacial score (nSPS) is 14.4. The maximum atomic E-state index is 12.1. The van der Waals surface area contributed by atoms with Crippen molar-refractivity contribution < 1.29 is 14.3 Å². The van der Waals surface area contributed by atoms with Gasteiger partial charge in [-0.25, -0.2) is 0 Å². The van der Waals surface area contributed by atoms with Gasteiger partial charge < -0.3 is 15.4 Å². The minimum atomic E-state index is -0.179. The quantitative estimate of drug-likeness (QED) is 0.611. The van der Waals surface area contributed by atoms with E-state index in [0.717, 1.165) is 27.7 Å². The maximum Gasteiger partial charge on any atom is 0.258 e. The third-order valence-corrected chi connectivity index (χ3v) is 4.91. The molecule has 1 aliphatic carbocycles. The summed E-state index contributed by atoms with van der Waals surface area (Å²) >= 11 is 2.22. The van der Waals surface area contributed by atoms with Gasteiger partial charge in [-0.15, -0.1) is 0 Å². The zero-order valence-corrected chi connectivity index (χ0v) is 16.7. The second-order valence-electron chi connectivity index (χ2n) is 6.42. The van der Waals surface area contributed by atoms with E-state index < -0.39 is 0 Å². The number of nitrogens with one attached hydrogen (secondary N) is 2. The van der Waals surface area contributed by atoms with Gasteiger partial charge in [0.15, 0.2) is 6.61 Å². The fourth-order valence-electron chi connectivity index (χ4n) is 2.49. The molecule has 1 saturated carbocycles. The molecule has 1 aliphatic rings. The number of benzene rings is 2. The highest BCUT2D eigenvalue weighted by atomic mass is 127. The van der Waals surface area contributed by atoms with E-state index in [9.17, 15) is 9.59 Å². The predicted octanol–water partition coefficient (Wildman–Crippen LogP) is 3.90. The van der Waals surface area contributed by atoms with Crippen LogP contribution in [-0.4, -0.2) is 18.4 Å². The number of hydrogen-bond donors (Lipinski definition) is 2. The van der Waals surface area contributed by atoms with Crippen molar-refractivity contribution in [3.8, 4) is 5.75 Å². The Balaban J connectivity index is 1.47. The van der Waals surface area contributed by atoms with Gasteiger partial charge >= 0.3 is 0 Å². The summed E-state index contributed by atoms with van der Waals surface area (Å²) in [7, 11) is 0. The molecule has 2 N–H and O–H groups in total. The van der Waals surface area contributed by atoms with Gasteiger partial charge in [0.1, 0.15) is 5.75 Å². The molecule has 0 aliphatic heterocycles. The molecule has 26 heavy (non-hydrogen) atoms. The smallest absolute Gasteiger partial charge is 0.258 e. The Morgan fingerprint density at radius 3 is 2.38 bits per heavy atom. The summed E-state index contributed by atoms with van der Waals surface area (Å²) in [6.07, 6.45) is 1.97. The van der Waals surface area contributed by atoms with Crippen molar-refractivity contribution in [1.29, 1.82) is 0 Å². The second kappa shape index (κ2) is 8.53. The van der Waals surface area contributed by atoms with E-state index in [0.29, 0.717) is 5.75 Å². The fraction of sp³-hybridized carbons (Fsp3) is 0.300. The lowest BCUT2D eigenvalue weighted by molar-refractivity contribution is -0.123. The molecule has 1 atom stereocenters. The average Bonchev–Trinajstić information content (AvgIpc) is 3.47. The highest BCUT2D eigenvalue weighted by Crippen LogP contribution is 2.30. The number of hydrogen-bond acceptors (Lipinski definition) is 3. The van der Waals surface area contributed by atoms with Crippen LogP contribution in [0.2, 0.25) is 0 Å². The minimum absolute atomic E-state index is 0.0273. The summed E-state index contributed by atoms with van der Waals surface area (Å²) in [6, 6.07) is 14.9. The number of halogens is 1. The molecule has 1 fully saturated rings. The largest absolute Gasteiger partial charge is 0.484 e.